The van der Waals surface area contributed by atoms with Gasteiger partial charge >= 0.3 is 0 Å². The van der Waals surface area contributed by atoms with Gasteiger partial charge in [-0.2, -0.15) is 15.4 Å². The summed E-state index contributed by atoms with van der Waals surface area (Å²) in [6.45, 7) is 6.21. The summed E-state index contributed by atoms with van der Waals surface area (Å²) in [6, 6.07) is 0. The van der Waals surface area contributed by atoms with Gasteiger partial charge in [-0.25, -0.2) is 0 Å². The second-order valence-corrected chi connectivity index (χ2v) is 6.08. The Kier molecular flexibility index (Phi) is 5.54. The summed E-state index contributed by atoms with van der Waals surface area (Å²) in [4.78, 5) is 0. The third-order valence-corrected chi connectivity index (χ3v) is 3.75. The third kappa shape index (κ3) is 4.56. The van der Waals surface area contributed by atoms with Gasteiger partial charge in [-0.1, -0.05) is 39.0 Å². The summed E-state index contributed by atoms with van der Waals surface area (Å²) in [6.07, 6.45) is 10.3. The number of rotatable bonds is 8. The monoisotopic (exact) mass is 281 g/mol. The van der Waals surface area contributed by atoms with Gasteiger partial charge in [0.25, 0.3) is 0 Å². The Morgan fingerprint density at radius 3 is 2.60 bits per heavy atom. The van der Waals surface area contributed by atoms with Crippen molar-refractivity contribution in [3.05, 3.63) is 11.9 Å². The average molecular weight is 281 g/mol. The minimum Gasteiger partial charge on any atom is -0.345 e. The Balaban J connectivity index is 1.81. The molecule has 0 saturated carbocycles. The summed E-state index contributed by atoms with van der Waals surface area (Å²) in [5.41, 5.74) is 0.937. The van der Waals surface area contributed by atoms with Crippen LogP contribution >= 0.6 is 0 Å². The summed E-state index contributed by atoms with van der Waals surface area (Å²) >= 11 is 0. The zero-order chi connectivity index (χ0) is 14.4. The van der Waals surface area contributed by atoms with Gasteiger partial charge in [-0.05, 0) is 20.3 Å². The maximum absolute atomic E-state index is 6.04. The number of hydrogen-bond acceptors (Lipinski definition) is 4. The average Bonchev–Trinajstić information content (AvgIpc) is 2.98. The molecule has 0 bridgehead atoms. The van der Waals surface area contributed by atoms with E-state index < -0.39 is 5.79 Å². The number of H-pyrrole nitrogens is 1. The van der Waals surface area contributed by atoms with Crippen LogP contribution in [0.15, 0.2) is 6.20 Å². The molecule has 0 aromatic carbocycles. The molecule has 1 aromatic heterocycles. The first kappa shape index (κ1) is 15.4. The summed E-state index contributed by atoms with van der Waals surface area (Å²) in [5, 5.41) is 10.6. The largest absolute Gasteiger partial charge is 0.345 e. The van der Waals surface area contributed by atoms with Crippen LogP contribution in [0.1, 0.15) is 65.0 Å². The minimum absolute atomic E-state index is 0.0845. The molecule has 0 amide bonds. The number of ether oxygens (including phenoxy) is 2. The predicted octanol–water partition coefficient (Wildman–Crippen LogP) is 3.23. The number of aromatic nitrogens is 3. The molecule has 2 atom stereocenters. The van der Waals surface area contributed by atoms with Crippen molar-refractivity contribution < 1.29 is 9.47 Å². The highest BCUT2D eigenvalue weighted by atomic mass is 16.7. The fraction of sp³-hybridized carbons (Fsp3) is 0.867. The van der Waals surface area contributed by atoms with Crippen LogP contribution in [0.2, 0.25) is 0 Å². The molecule has 1 saturated heterocycles. The van der Waals surface area contributed by atoms with Crippen molar-refractivity contribution in [2.45, 2.75) is 83.7 Å². The van der Waals surface area contributed by atoms with Gasteiger partial charge in [0, 0.05) is 6.42 Å². The number of aromatic amines is 1. The first-order chi connectivity index (χ1) is 9.61. The van der Waals surface area contributed by atoms with Crippen molar-refractivity contribution in [1.82, 2.24) is 15.4 Å². The molecule has 1 aliphatic heterocycles. The van der Waals surface area contributed by atoms with Crippen LogP contribution in [0.3, 0.4) is 0 Å². The van der Waals surface area contributed by atoms with Crippen LogP contribution in [0, 0.1) is 0 Å². The molecule has 1 fully saturated rings. The van der Waals surface area contributed by atoms with Gasteiger partial charge in [0.05, 0.1) is 24.1 Å². The van der Waals surface area contributed by atoms with E-state index in [2.05, 4.69) is 22.3 Å². The molecule has 1 aromatic rings. The maximum Gasteiger partial charge on any atom is 0.163 e. The molecule has 2 heterocycles. The van der Waals surface area contributed by atoms with E-state index >= 15 is 0 Å². The highest BCUT2D eigenvalue weighted by Gasteiger charge is 2.40. The number of hydrogen-bond donors (Lipinski definition) is 1. The van der Waals surface area contributed by atoms with E-state index in [0.717, 1.165) is 18.5 Å². The van der Waals surface area contributed by atoms with Crippen LogP contribution in [-0.4, -0.2) is 33.4 Å². The Hall–Kier alpha value is -0.940. The molecular weight excluding hydrogens is 254 g/mol. The number of nitrogens with zero attached hydrogens (tertiary/aromatic N) is 2. The Morgan fingerprint density at radius 2 is 1.90 bits per heavy atom. The lowest BCUT2D eigenvalue weighted by molar-refractivity contribution is -0.146. The lowest BCUT2D eigenvalue weighted by Crippen LogP contribution is -2.25. The van der Waals surface area contributed by atoms with Crippen molar-refractivity contribution in [3.8, 4) is 0 Å². The van der Waals surface area contributed by atoms with E-state index in [1.54, 1.807) is 6.20 Å². The van der Waals surface area contributed by atoms with Gasteiger partial charge < -0.3 is 9.47 Å². The SMILES string of the molecule is CCCCCCC[C@H]1OC(C)(C)O[C@@H]1Cc1cn[nH]n1. The summed E-state index contributed by atoms with van der Waals surface area (Å²) < 4.78 is 12.0. The molecule has 5 nitrogen and oxygen atoms in total. The molecule has 2 rings (SSSR count). The van der Waals surface area contributed by atoms with Crippen LogP contribution in [0.25, 0.3) is 0 Å². The van der Waals surface area contributed by atoms with E-state index in [4.69, 9.17) is 9.47 Å². The highest BCUT2D eigenvalue weighted by molar-refractivity contribution is 4.97. The fourth-order valence-corrected chi connectivity index (χ4v) is 2.81. The maximum atomic E-state index is 6.04. The van der Waals surface area contributed by atoms with Crippen LogP contribution in [-0.2, 0) is 15.9 Å². The lowest BCUT2D eigenvalue weighted by atomic mass is 10.0. The van der Waals surface area contributed by atoms with Crippen molar-refractivity contribution in [1.29, 1.82) is 0 Å². The zero-order valence-corrected chi connectivity index (χ0v) is 12.9. The zero-order valence-electron chi connectivity index (χ0n) is 12.9. The van der Waals surface area contributed by atoms with Gasteiger partial charge in [-0.3, -0.25) is 0 Å². The van der Waals surface area contributed by atoms with Crippen LogP contribution in [0.4, 0.5) is 0 Å². The Bertz CT molecular complexity index is 378. The topological polar surface area (TPSA) is 60.0 Å². The second-order valence-electron chi connectivity index (χ2n) is 6.08. The molecule has 1 aliphatic rings. The van der Waals surface area contributed by atoms with Gasteiger partial charge in [0.2, 0.25) is 0 Å². The van der Waals surface area contributed by atoms with E-state index in [1.165, 1.54) is 32.1 Å². The minimum atomic E-state index is -0.484. The molecule has 20 heavy (non-hydrogen) atoms. The van der Waals surface area contributed by atoms with E-state index in [0.29, 0.717) is 0 Å². The van der Waals surface area contributed by atoms with Crippen LogP contribution < -0.4 is 0 Å². The standard InChI is InChI=1S/C15H27N3O2/c1-4-5-6-7-8-9-13-14(20-15(2,3)19-13)10-12-11-16-18-17-12/h11,13-14H,4-10H2,1-3H3,(H,16,17,18)/t13-,14-/m1/s1. The fourth-order valence-electron chi connectivity index (χ4n) is 2.81. The first-order valence-electron chi connectivity index (χ1n) is 7.81. The molecule has 5 heteroatoms. The normalized spacial score (nSPS) is 25.1. The van der Waals surface area contributed by atoms with E-state index in [-0.39, 0.29) is 12.2 Å². The molecule has 114 valence electrons. The molecule has 0 spiro atoms. The molecule has 0 radical (unpaired) electrons. The molecule has 0 aliphatic carbocycles. The van der Waals surface area contributed by atoms with Gasteiger partial charge in [-0.15, -0.1) is 0 Å². The summed E-state index contributed by atoms with van der Waals surface area (Å²) in [5.74, 6) is -0.484. The van der Waals surface area contributed by atoms with Crippen molar-refractivity contribution in [3.63, 3.8) is 0 Å². The molecule has 1 N–H and O–H groups in total. The molecular formula is C15H27N3O2. The van der Waals surface area contributed by atoms with E-state index in [9.17, 15) is 0 Å². The number of unbranched alkanes of at least 4 members (excludes halogenated alkanes) is 4. The van der Waals surface area contributed by atoms with Crippen molar-refractivity contribution in [2.24, 2.45) is 0 Å². The summed E-state index contributed by atoms with van der Waals surface area (Å²) in [7, 11) is 0. The number of nitrogens with one attached hydrogen (secondary N) is 1. The lowest BCUT2D eigenvalue weighted by Gasteiger charge is -2.16. The second kappa shape index (κ2) is 7.18. The Morgan fingerprint density at radius 1 is 1.15 bits per heavy atom. The highest BCUT2D eigenvalue weighted by Crippen LogP contribution is 2.32. The van der Waals surface area contributed by atoms with E-state index in [1.807, 2.05) is 13.8 Å². The smallest absolute Gasteiger partial charge is 0.163 e. The van der Waals surface area contributed by atoms with Crippen LogP contribution in [0.5, 0.6) is 0 Å². The van der Waals surface area contributed by atoms with Crippen molar-refractivity contribution >= 4 is 0 Å². The molecule has 0 unspecified atom stereocenters. The van der Waals surface area contributed by atoms with Gasteiger partial charge in [0.15, 0.2) is 5.79 Å². The predicted molar refractivity (Wildman–Crippen MR) is 77.3 cm³/mol. The third-order valence-electron chi connectivity index (χ3n) is 3.75. The Labute approximate surface area is 121 Å². The first-order valence-corrected chi connectivity index (χ1v) is 7.81. The van der Waals surface area contributed by atoms with Crippen molar-refractivity contribution in [2.75, 3.05) is 0 Å². The quantitative estimate of drug-likeness (QED) is 0.743. The van der Waals surface area contributed by atoms with Gasteiger partial charge in [0.1, 0.15) is 0 Å².